The Labute approximate surface area is 141 Å². The van der Waals surface area contributed by atoms with Gasteiger partial charge in [0.15, 0.2) is 0 Å². The topological polar surface area (TPSA) is 134 Å². The molecule has 0 aliphatic carbocycles. The molecule has 138 valence electrons. The SMILES string of the molecule is COC(=O)C[C@@H](NC(=O)CCC(N)C(=O)OC(C)(C)C)C(=O)OC. The number of amides is 1. The molecule has 0 bridgehead atoms. The van der Waals surface area contributed by atoms with Crippen molar-refractivity contribution in [2.75, 3.05) is 14.2 Å². The molecule has 2 atom stereocenters. The maximum Gasteiger partial charge on any atom is 0.328 e. The summed E-state index contributed by atoms with van der Waals surface area (Å²) in [6.07, 6.45) is -0.436. The summed E-state index contributed by atoms with van der Waals surface area (Å²) in [6.45, 7) is 5.12. The van der Waals surface area contributed by atoms with Gasteiger partial charge in [-0.25, -0.2) is 4.79 Å². The van der Waals surface area contributed by atoms with Gasteiger partial charge in [0, 0.05) is 6.42 Å². The lowest BCUT2D eigenvalue weighted by molar-refractivity contribution is -0.156. The van der Waals surface area contributed by atoms with E-state index in [1.54, 1.807) is 20.8 Å². The third-order valence-electron chi connectivity index (χ3n) is 2.81. The Kier molecular flexibility index (Phi) is 8.97. The Balaban J connectivity index is 4.50. The summed E-state index contributed by atoms with van der Waals surface area (Å²) >= 11 is 0. The number of esters is 3. The van der Waals surface area contributed by atoms with Crippen molar-refractivity contribution < 1.29 is 33.4 Å². The Morgan fingerprint density at radius 2 is 1.62 bits per heavy atom. The van der Waals surface area contributed by atoms with Crippen LogP contribution in [0.15, 0.2) is 0 Å². The van der Waals surface area contributed by atoms with Crippen molar-refractivity contribution in [2.45, 2.75) is 57.7 Å². The van der Waals surface area contributed by atoms with Crippen LogP contribution in [0.1, 0.15) is 40.0 Å². The van der Waals surface area contributed by atoms with Crippen LogP contribution in [0.4, 0.5) is 0 Å². The fraction of sp³-hybridized carbons (Fsp3) is 0.733. The fourth-order valence-corrected chi connectivity index (χ4v) is 1.63. The van der Waals surface area contributed by atoms with Gasteiger partial charge in [-0.15, -0.1) is 0 Å². The summed E-state index contributed by atoms with van der Waals surface area (Å²) in [5.41, 5.74) is 5.00. The summed E-state index contributed by atoms with van der Waals surface area (Å²) < 4.78 is 14.1. The number of methoxy groups -OCH3 is 2. The molecule has 0 fully saturated rings. The van der Waals surface area contributed by atoms with E-state index in [2.05, 4.69) is 14.8 Å². The minimum absolute atomic E-state index is 0.0346. The van der Waals surface area contributed by atoms with Crippen LogP contribution >= 0.6 is 0 Å². The number of rotatable bonds is 8. The molecule has 0 aliphatic heterocycles. The van der Waals surface area contributed by atoms with Crippen molar-refractivity contribution >= 4 is 23.8 Å². The maximum atomic E-state index is 11.9. The number of nitrogens with two attached hydrogens (primary N) is 1. The Morgan fingerprint density at radius 3 is 2.08 bits per heavy atom. The van der Waals surface area contributed by atoms with Crippen LogP contribution in [0, 0.1) is 0 Å². The third-order valence-corrected chi connectivity index (χ3v) is 2.81. The van der Waals surface area contributed by atoms with E-state index in [4.69, 9.17) is 10.5 Å². The van der Waals surface area contributed by atoms with Gasteiger partial charge in [0.05, 0.1) is 20.6 Å². The molecule has 0 aromatic rings. The highest BCUT2D eigenvalue weighted by Gasteiger charge is 2.26. The predicted octanol–water partition coefficient (Wildman–Crippen LogP) is -0.343. The summed E-state index contributed by atoms with van der Waals surface area (Å²) in [7, 11) is 2.30. The molecular formula is C15H26N2O7. The average molecular weight is 346 g/mol. The molecule has 0 radical (unpaired) electrons. The van der Waals surface area contributed by atoms with Crippen LogP contribution < -0.4 is 11.1 Å². The van der Waals surface area contributed by atoms with Gasteiger partial charge in [-0.1, -0.05) is 0 Å². The van der Waals surface area contributed by atoms with Crippen molar-refractivity contribution in [1.29, 1.82) is 0 Å². The molecule has 0 aliphatic rings. The Hall–Kier alpha value is -2.16. The van der Waals surface area contributed by atoms with Gasteiger partial charge in [0.1, 0.15) is 17.7 Å². The van der Waals surface area contributed by atoms with Gasteiger partial charge in [-0.3, -0.25) is 14.4 Å². The zero-order valence-electron chi connectivity index (χ0n) is 14.7. The summed E-state index contributed by atoms with van der Waals surface area (Å²) in [6, 6.07) is -2.13. The monoisotopic (exact) mass is 346 g/mol. The molecular weight excluding hydrogens is 320 g/mol. The second kappa shape index (κ2) is 9.86. The van der Waals surface area contributed by atoms with Gasteiger partial charge in [0.25, 0.3) is 0 Å². The highest BCUT2D eigenvalue weighted by Crippen LogP contribution is 2.09. The van der Waals surface area contributed by atoms with Gasteiger partial charge >= 0.3 is 17.9 Å². The smallest absolute Gasteiger partial charge is 0.328 e. The number of hydrogen-bond donors (Lipinski definition) is 2. The molecule has 1 amide bonds. The van der Waals surface area contributed by atoms with E-state index in [0.29, 0.717) is 0 Å². The first-order chi connectivity index (χ1) is 11.0. The molecule has 0 spiro atoms. The lowest BCUT2D eigenvalue weighted by Gasteiger charge is -2.22. The van der Waals surface area contributed by atoms with E-state index in [1.807, 2.05) is 0 Å². The average Bonchev–Trinajstić information content (AvgIpc) is 2.49. The fourth-order valence-electron chi connectivity index (χ4n) is 1.63. The summed E-state index contributed by atoms with van der Waals surface area (Å²) in [5.74, 6) is -2.61. The number of nitrogens with one attached hydrogen (secondary N) is 1. The molecule has 24 heavy (non-hydrogen) atoms. The number of carbonyl (C=O) groups is 4. The molecule has 9 heteroatoms. The molecule has 3 N–H and O–H groups in total. The van der Waals surface area contributed by atoms with E-state index in [-0.39, 0.29) is 19.3 Å². The second-order valence-corrected chi connectivity index (χ2v) is 6.10. The lowest BCUT2D eigenvalue weighted by Crippen LogP contribution is -2.44. The van der Waals surface area contributed by atoms with Crippen molar-refractivity contribution in [3.63, 3.8) is 0 Å². The number of hydrogen-bond acceptors (Lipinski definition) is 8. The van der Waals surface area contributed by atoms with Gasteiger partial charge in [-0.2, -0.15) is 0 Å². The van der Waals surface area contributed by atoms with E-state index < -0.39 is 41.5 Å². The van der Waals surface area contributed by atoms with Crippen LogP contribution in [0.5, 0.6) is 0 Å². The van der Waals surface area contributed by atoms with Crippen LogP contribution in [0.25, 0.3) is 0 Å². The molecule has 0 rings (SSSR count). The van der Waals surface area contributed by atoms with E-state index in [0.717, 1.165) is 7.11 Å². The van der Waals surface area contributed by atoms with Gasteiger partial charge in [0.2, 0.25) is 5.91 Å². The number of carbonyl (C=O) groups excluding carboxylic acids is 4. The standard InChI is InChI=1S/C15H26N2O7/c1-15(2,3)24-13(20)9(16)6-7-11(18)17-10(14(21)23-5)8-12(19)22-4/h9-10H,6-8,16H2,1-5H3,(H,17,18)/t9?,10-/m1/s1. The van der Waals surface area contributed by atoms with Crippen molar-refractivity contribution in [2.24, 2.45) is 5.73 Å². The number of ether oxygens (including phenoxy) is 3. The largest absolute Gasteiger partial charge is 0.469 e. The molecule has 0 heterocycles. The lowest BCUT2D eigenvalue weighted by atomic mass is 10.1. The van der Waals surface area contributed by atoms with E-state index >= 15 is 0 Å². The summed E-state index contributed by atoms with van der Waals surface area (Å²) in [4.78, 5) is 46.4. The molecule has 0 aromatic heterocycles. The van der Waals surface area contributed by atoms with Crippen LogP contribution in [0.2, 0.25) is 0 Å². The summed E-state index contributed by atoms with van der Waals surface area (Å²) in [5, 5.41) is 2.35. The minimum atomic E-state index is -1.16. The van der Waals surface area contributed by atoms with Crippen molar-refractivity contribution in [1.82, 2.24) is 5.32 Å². The first-order valence-corrected chi connectivity index (χ1v) is 7.42. The molecule has 0 aromatic carbocycles. The predicted molar refractivity (Wildman–Crippen MR) is 83.6 cm³/mol. The highest BCUT2D eigenvalue weighted by atomic mass is 16.6. The zero-order valence-corrected chi connectivity index (χ0v) is 14.7. The maximum absolute atomic E-state index is 11.9. The van der Waals surface area contributed by atoms with Crippen LogP contribution in [-0.4, -0.2) is 55.7 Å². The molecule has 9 nitrogen and oxygen atoms in total. The van der Waals surface area contributed by atoms with Crippen LogP contribution in [-0.2, 0) is 33.4 Å². The second-order valence-electron chi connectivity index (χ2n) is 6.10. The first-order valence-electron chi connectivity index (χ1n) is 7.42. The quantitative estimate of drug-likeness (QED) is 0.450. The molecule has 1 unspecified atom stereocenters. The Morgan fingerprint density at radius 1 is 1.04 bits per heavy atom. The van der Waals surface area contributed by atoms with E-state index in [1.165, 1.54) is 7.11 Å². The molecule has 0 saturated heterocycles. The minimum Gasteiger partial charge on any atom is -0.469 e. The van der Waals surface area contributed by atoms with E-state index in [9.17, 15) is 19.2 Å². The highest BCUT2D eigenvalue weighted by molar-refractivity contribution is 5.88. The first kappa shape index (κ1) is 21.8. The van der Waals surface area contributed by atoms with Gasteiger partial charge < -0.3 is 25.3 Å². The van der Waals surface area contributed by atoms with Crippen molar-refractivity contribution in [3.05, 3.63) is 0 Å². The van der Waals surface area contributed by atoms with Gasteiger partial charge in [-0.05, 0) is 27.2 Å². The third kappa shape index (κ3) is 9.09. The van der Waals surface area contributed by atoms with Crippen molar-refractivity contribution in [3.8, 4) is 0 Å². The Bertz CT molecular complexity index is 471. The molecule has 0 saturated carbocycles. The van der Waals surface area contributed by atoms with Crippen LogP contribution in [0.3, 0.4) is 0 Å². The zero-order chi connectivity index (χ0) is 18.9. The normalized spacial score (nSPS) is 13.4.